The Balaban J connectivity index is 0.981. The Bertz CT molecular complexity index is 1560. The summed E-state index contributed by atoms with van der Waals surface area (Å²) in [5.74, 6) is 3.34. The van der Waals surface area contributed by atoms with Crippen LogP contribution < -0.4 is 4.74 Å². The van der Waals surface area contributed by atoms with Gasteiger partial charge in [0.15, 0.2) is 5.78 Å². The SMILES string of the molecule is O=C1C=C(Oc2cccc(-c3ccc(CCCC4CCCC(CCCc5ccncc5)CC4)cc3)c2)c2ccccc2CCC1. The van der Waals surface area contributed by atoms with Gasteiger partial charge < -0.3 is 4.74 Å². The summed E-state index contributed by atoms with van der Waals surface area (Å²) in [7, 11) is 0. The number of aryl methyl sites for hydroxylation is 3. The highest BCUT2D eigenvalue weighted by Crippen LogP contribution is 2.34. The molecule has 0 spiro atoms. The number of benzene rings is 3. The quantitative estimate of drug-likeness (QED) is 0.161. The Labute approximate surface area is 269 Å². The van der Waals surface area contributed by atoms with Crippen molar-refractivity contribution >= 4 is 11.5 Å². The number of hydrogen-bond donors (Lipinski definition) is 0. The topological polar surface area (TPSA) is 39.2 Å². The average molecular weight is 598 g/mol. The molecule has 2 aliphatic rings. The fourth-order valence-electron chi connectivity index (χ4n) is 7.31. The van der Waals surface area contributed by atoms with Gasteiger partial charge in [0.2, 0.25) is 0 Å². The zero-order valence-corrected chi connectivity index (χ0v) is 26.6. The van der Waals surface area contributed by atoms with Crippen LogP contribution in [0.15, 0.2) is 103 Å². The third-order valence-electron chi connectivity index (χ3n) is 9.91. The molecule has 2 aliphatic carbocycles. The maximum absolute atomic E-state index is 12.5. The number of carbonyl (C=O) groups excluding carboxylic acids is 1. The summed E-state index contributed by atoms with van der Waals surface area (Å²) in [6.45, 7) is 0. The molecule has 3 heteroatoms. The van der Waals surface area contributed by atoms with Crippen molar-refractivity contribution < 1.29 is 9.53 Å². The standard InChI is InChI=1S/C42H47NO2/c44-39-17-6-15-37-14-1-2-19-41(37)42(31-39)45-40-18-7-16-38(30-40)36-24-22-34(23-25-36)12-4-10-32-8-3-9-33(21-20-32)11-5-13-35-26-28-43-29-27-35/h1-2,7,14,16,18-19,22-33H,3-6,8-13,15,17,20-21H2. The number of aromatic nitrogens is 1. The molecule has 4 aromatic rings. The number of carbonyl (C=O) groups is 1. The molecule has 0 N–H and O–H groups in total. The molecule has 2 atom stereocenters. The van der Waals surface area contributed by atoms with Crippen molar-refractivity contribution in [3.05, 3.63) is 126 Å². The second-order valence-electron chi connectivity index (χ2n) is 13.2. The second kappa shape index (κ2) is 15.8. The van der Waals surface area contributed by atoms with Crippen molar-refractivity contribution in [3.63, 3.8) is 0 Å². The Kier molecular flexibility index (Phi) is 10.9. The lowest BCUT2D eigenvalue weighted by Crippen LogP contribution is -2.07. The summed E-state index contributed by atoms with van der Waals surface area (Å²) in [6.07, 6.45) is 22.5. The van der Waals surface area contributed by atoms with E-state index < -0.39 is 0 Å². The largest absolute Gasteiger partial charge is 0.457 e. The van der Waals surface area contributed by atoms with Crippen molar-refractivity contribution in [2.24, 2.45) is 11.8 Å². The van der Waals surface area contributed by atoms with Gasteiger partial charge in [0.1, 0.15) is 11.5 Å². The number of rotatable bonds is 11. The van der Waals surface area contributed by atoms with E-state index in [9.17, 15) is 4.79 Å². The van der Waals surface area contributed by atoms with Crippen LogP contribution in [-0.4, -0.2) is 10.8 Å². The summed E-state index contributed by atoms with van der Waals surface area (Å²) in [5, 5.41) is 0. The summed E-state index contributed by atoms with van der Waals surface area (Å²) in [6, 6.07) is 29.9. The fraction of sp³-hybridized carbons (Fsp3) is 0.381. The first-order valence-corrected chi connectivity index (χ1v) is 17.3. The maximum Gasteiger partial charge on any atom is 0.159 e. The molecule has 232 valence electrons. The van der Waals surface area contributed by atoms with E-state index in [1.54, 1.807) is 6.08 Å². The minimum Gasteiger partial charge on any atom is -0.457 e. The second-order valence-corrected chi connectivity index (χ2v) is 13.2. The Morgan fingerprint density at radius 1 is 0.667 bits per heavy atom. The van der Waals surface area contributed by atoms with Crippen LogP contribution in [0.5, 0.6) is 5.75 Å². The molecule has 1 fully saturated rings. The molecule has 0 saturated heterocycles. The van der Waals surface area contributed by atoms with Crippen LogP contribution in [0.3, 0.4) is 0 Å². The monoisotopic (exact) mass is 597 g/mol. The minimum absolute atomic E-state index is 0.127. The lowest BCUT2D eigenvalue weighted by molar-refractivity contribution is -0.114. The predicted molar refractivity (Wildman–Crippen MR) is 185 cm³/mol. The smallest absolute Gasteiger partial charge is 0.159 e. The maximum atomic E-state index is 12.5. The molecule has 3 nitrogen and oxygen atoms in total. The zero-order chi connectivity index (χ0) is 30.7. The van der Waals surface area contributed by atoms with Crippen LogP contribution in [0.25, 0.3) is 16.9 Å². The lowest BCUT2D eigenvalue weighted by Gasteiger charge is -2.17. The number of pyridine rings is 1. The van der Waals surface area contributed by atoms with E-state index in [1.165, 1.54) is 86.5 Å². The van der Waals surface area contributed by atoms with E-state index in [-0.39, 0.29) is 5.78 Å². The van der Waals surface area contributed by atoms with Crippen molar-refractivity contribution in [2.45, 2.75) is 89.9 Å². The van der Waals surface area contributed by atoms with Crippen LogP contribution in [0, 0.1) is 11.8 Å². The highest BCUT2D eigenvalue weighted by Gasteiger charge is 2.19. The third-order valence-corrected chi connectivity index (χ3v) is 9.91. The van der Waals surface area contributed by atoms with Crippen LogP contribution in [0.4, 0.5) is 0 Å². The molecule has 6 rings (SSSR count). The molecule has 2 unspecified atom stereocenters. The van der Waals surface area contributed by atoms with Gasteiger partial charge in [0.25, 0.3) is 0 Å². The van der Waals surface area contributed by atoms with Crippen molar-refractivity contribution in [1.82, 2.24) is 4.98 Å². The van der Waals surface area contributed by atoms with Gasteiger partial charge in [-0.05, 0) is 102 Å². The number of ketones is 1. The van der Waals surface area contributed by atoms with E-state index in [4.69, 9.17) is 4.74 Å². The highest BCUT2D eigenvalue weighted by molar-refractivity contribution is 5.96. The van der Waals surface area contributed by atoms with E-state index in [1.807, 2.05) is 30.6 Å². The number of ether oxygens (including phenoxy) is 1. The molecule has 1 heterocycles. The summed E-state index contributed by atoms with van der Waals surface area (Å²) in [4.78, 5) is 16.6. The highest BCUT2D eigenvalue weighted by atomic mass is 16.5. The van der Waals surface area contributed by atoms with Crippen LogP contribution in [0.1, 0.15) is 92.9 Å². The van der Waals surface area contributed by atoms with E-state index >= 15 is 0 Å². The first-order valence-electron chi connectivity index (χ1n) is 17.3. The first-order chi connectivity index (χ1) is 22.2. The van der Waals surface area contributed by atoms with Gasteiger partial charge in [-0.15, -0.1) is 0 Å². The molecule has 3 aromatic carbocycles. The summed E-state index contributed by atoms with van der Waals surface area (Å²) in [5.41, 5.74) is 7.41. The average Bonchev–Trinajstić information content (AvgIpc) is 3.30. The molecule has 0 aliphatic heterocycles. The van der Waals surface area contributed by atoms with E-state index in [0.717, 1.165) is 48.0 Å². The Morgan fingerprint density at radius 2 is 1.38 bits per heavy atom. The molecule has 45 heavy (non-hydrogen) atoms. The van der Waals surface area contributed by atoms with Gasteiger partial charge in [-0.1, -0.05) is 106 Å². The number of allylic oxidation sites excluding steroid dienone is 1. The Hall–Kier alpha value is -3.98. The zero-order valence-electron chi connectivity index (χ0n) is 26.6. The van der Waals surface area contributed by atoms with E-state index in [2.05, 4.69) is 71.7 Å². The molecule has 1 saturated carbocycles. The molecule has 0 amide bonds. The third kappa shape index (κ3) is 9.03. The van der Waals surface area contributed by atoms with E-state index in [0.29, 0.717) is 12.2 Å². The van der Waals surface area contributed by atoms with Crippen LogP contribution >= 0.6 is 0 Å². The van der Waals surface area contributed by atoms with Crippen molar-refractivity contribution in [1.29, 1.82) is 0 Å². The first kappa shape index (κ1) is 31.0. The molecule has 0 radical (unpaired) electrons. The molecular weight excluding hydrogens is 550 g/mol. The van der Waals surface area contributed by atoms with Gasteiger partial charge in [0.05, 0.1) is 0 Å². The Morgan fingerprint density at radius 3 is 2.13 bits per heavy atom. The molecule has 0 bridgehead atoms. The molecule has 1 aromatic heterocycles. The van der Waals surface area contributed by atoms with Crippen LogP contribution in [-0.2, 0) is 24.1 Å². The van der Waals surface area contributed by atoms with Gasteiger partial charge in [-0.25, -0.2) is 0 Å². The summed E-state index contributed by atoms with van der Waals surface area (Å²) < 4.78 is 6.38. The molecular formula is C42H47NO2. The van der Waals surface area contributed by atoms with Gasteiger partial charge in [0, 0.05) is 30.5 Å². The normalized spacial score (nSPS) is 18.7. The predicted octanol–water partition coefficient (Wildman–Crippen LogP) is 10.6. The van der Waals surface area contributed by atoms with Crippen molar-refractivity contribution in [3.8, 4) is 16.9 Å². The van der Waals surface area contributed by atoms with Gasteiger partial charge >= 0.3 is 0 Å². The minimum atomic E-state index is 0.127. The van der Waals surface area contributed by atoms with Crippen LogP contribution in [0.2, 0.25) is 0 Å². The van der Waals surface area contributed by atoms with Gasteiger partial charge in [-0.3, -0.25) is 9.78 Å². The number of fused-ring (bicyclic) bond motifs is 1. The number of nitrogens with zero attached hydrogens (tertiary/aromatic N) is 1. The lowest BCUT2D eigenvalue weighted by atomic mass is 9.90. The van der Waals surface area contributed by atoms with Crippen molar-refractivity contribution in [2.75, 3.05) is 0 Å². The fourth-order valence-corrected chi connectivity index (χ4v) is 7.31. The van der Waals surface area contributed by atoms with Gasteiger partial charge in [-0.2, -0.15) is 0 Å². The summed E-state index contributed by atoms with van der Waals surface area (Å²) >= 11 is 0. The number of hydrogen-bond acceptors (Lipinski definition) is 3.